The smallest absolute Gasteiger partial charge is 0.263 e. The lowest BCUT2D eigenvalue weighted by Crippen LogP contribution is -2.42. The fourth-order valence-electron chi connectivity index (χ4n) is 4.00. The Morgan fingerprint density at radius 3 is 2.61 bits per heavy atom. The molecule has 1 aromatic rings. The number of rotatable bonds is 1. The Bertz CT molecular complexity index is 582. The van der Waals surface area contributed by atoms with Gasteiger partial charge in [0.15, 0.2) is 6.10 Å². The van der Waals surface area contributed by atoms with Crippen molar-refractivity contribution in [2.45, 2.75) is 25.4 Å². The van der Waals surface area contributed by atoms with Crippen LogP contribution in [0.15, 0.2) is 18.2 Å². The van der Waals surface area contributed by atoms with E-state index in [9.17, 15) is 4.79 Å². The third-order valence-electron chi connectivity index (χ3n) is 5.30. The molecule has 0 aromatic heterocycles. The second-order valence-electron chi connectivity index (χ2n) is 6.64. The Kier molecular flexibility index (Phi) is 5.04. The molecule has 3 aliphatic rings. The number of fused-ring (bicyclic) bond motifs is 2. The lowest BCUT2D eigenvalue weighted by molar-refractivity contribution is -0.137. The SMILES string of the molecule is Cl.O=C(C1Cc2cc(Cl)ccc2O1)N1CC[C@@H]2CNC[C@@H]2CC1. The molecule has 3 aliphatic heterocycles. The van der Waals surface area contributed by atoms with E-state index in [1.54, 1.807) is 0 Å². The molecule has 2 saturated heterocycles. The molecule has 0 saturated carbocycles. The average Bonchev–Trinajstić information content (AvgIpc) is 3.08. The van der Waals surface area contributed by atoms with Crippen LogP contribution in [0, 0.1) is 11.8 Å². The van der Waals surface area contributed by atoms with Crippen molar-refractivity contribution >= 4 is 29.9 Å². The molecule has 1 amide bonds. The lowest BCUT2D eigenvalue weighted by atomic mass is 9.92. The fourth-order valence-corrected chi connectivity index (χ4v) is 4.19. The van der Waals surface area contributed by atoms with Gasteiger partial charge in [0.1, 0.15) is 5.75 Å². The maximum absolute atomic E-state index is 12.8. The minimum atomic E-state index is -0.371. The van der Waals surface area contributed by atoms with Crippen LogP contribution in [0.1, 0.15) is 18.4 Å². The first kappa shape index (κ1) is 16.9. The number of nitrogens with zero attached hydrogens (tertiary/aromatic N) is 1. The van der Waals surface area contributed by atoms with Crippen molar-refractivity contribution in [1.29, 1.82) is 0 Å². The first-order valence-electron chi connectivity index (χ1n) is 8.15. The van der Waals surface area contributed by atoms with Crippen molar-refractivity contribution < 1.29 is 9.53 Å². The number of hydrogen-bond acceptors (Lipinski definition) is 3. The summed E-state index contributed by atoms with van der Waals surface area (Å²) < 4.78 is 5.85. The number of likely N-dealkylation sites (tertiary alicyclic amines) is 1. The number of ether oxygens (including phenoxy) is 1. The summed E-state index contributed by atoms with van der Waals surface area (Å²) in [6.07, 6.45) is 2.48. The van der Waals surface area contributed by atoms with E-state index >= 15 is 0 Å². The van der Waals surface area contributed by atoms with Gasteiger partial charge in [-0.25, -0.2) is 0 Å². The first-order valence-corrected chi connectivity index (χ1v) is 8.53. The Morgan fingerprint density at radius 1 is 1.22 bits per heavy atom. The number of carbonyl (C=O) groups is 1. The molecule has 0 radical (unpaired) electrons. The molecule has 1 N–H and O–H groups in total. The summed E-state index contributed by atoms with van der Waals surface area (Å²) in [6.45, 7) is 3.93. The van der Waals surface area contributed by atoms with Gasteiger partial charge in [-0.3, -0.25) is 4.79 Å². The molecule has 126 valence electrons. The van der Waals surface area contributed by atoms with E-state index in [1.807, 2.05) is 23.1 Å². The molecule has 3 atom stereocenters. The molecule has 0 aliphatic carbocycles. The van der Waals surface area contributed by atoms with Crippen molar-refractivity contribution in [3.05, 3.63) is 28.8 Å². The van der Waals surface area contributed by atoms with Gasteiger partial charge in [0.25, 0.3) is 5.91 Å². The minimum Gasteiger partial charge on any atom is -0.480 e. The summed E-state index contributed by atoms with van der Waals surface area (Å²) in [6, 6.07) is 5.58. The summed E-state index contributed by atoms with van der Waals surface area (Å²) in [5.41, 5.74) is 1.04. The maximum Gasteiger partial charge on any atom is 0.263 e. The van der Waals surface area contributed by atoms with Gasteiger partial charge in [-0.05, 0) is 61.5 Å². The van der Waals surface area contributed by atoms with E-state index in [2.05, 4.69) is 5.32 Å². The van der Waals surface area contributed by atoms with Crippen LogP contribution in [0.2, 0.25) is 5.02 Å². The van der Waals surface area contributed by atoms with Crippen LogP contribution in [0.3, 0.4) is 0 Å². The predicted octanol–water partition coefficient (Wildman–Crippen LogP) is 2.52. The standard InChI is InChI=1S/C17H21ClN2O2.ClH/c18-14-1-2-15-13(7-14)8-16(22-15)17(21)20-5-3-11-9-19-10-12(11)4-6-20;/h1-2,7,11-12,16,19H,3-6,8-10H2;1H/t11-,12+,16?;. The largest absolute Gasteiger partial charge is 0.480 e. The number of hydrogen-bond donors (Lipinski definition) is 1. The quantitative estimate of drug-likeness (QED) is 0.840. The van der Waals surface area contributed by atoms with Crippen molar-refractivity contribution in [3.63, 3.8) is 0 Å². The molecule has 4 rings (SSSR count). The molecule has 23 heavy (non-hydrogen) atoms. The van der Waals surface area contributed by atoms with Gasteiger partial charge in [-0.1, -0.05) is 11.6 Å². The topological polar surface area (TPSA) is 41.6 Å². The average molecular weight is 357 g/mol. The van der Waals surface area contributed by atoms with E-state index in [-0.39, 0.29) is 24.4 Å². The van der Waals surface area contributed by atoms with Gasteiger partial charge in [0, 0.05) is 24.5 Å². The predicted molar refractivity (Wildman–Crippen MR) is 92.5 cm³/mol. The van der Waals surface area contributed by atoms with Gasteiger partial charge in [-0.15, -0.1) is 12.4 Å². The highest BCUT2D eigenvalue weighted by molar-refractivity contribution is 6.30. The molecule has 2 fully saturated rings. The van der Waals surface area contributed by atoms with Crippen molar-refractivity contribution in [2.24, 2.45) is 11.8 Å². The fraction of sp³-hybridized carbons (Fsp3) is 0.588. The number of amides is 1. The normalized spacial score (nSPS) is 29.1. The minimum absolute atomic E-state index is 0. The van der Waals surface area contributed by atoms with E-state index in [0.29, 0.717) is 11.4 Å². The number of benzene rings is 1. The molecule has 6 heteroatoms. The molecule has 0 spiro atoms. The number of carbonyl (C=O) groups excluding carboxylic acids is 1. The van der Waals surface area contributed by atoms with Crippen LogP contribution in [0.25, 0.3) is 0 Å². The van der Waals surface area contributed by atoms with Gasteiger partial charge in [0.05, 0.1) is 0 Å². The summed E-state index contributed by atoms with van der Waals surface area (Å²) in [5.74, 6) is 2.41. The summed E-state index contributed by atoms with van der Waals surface area (Å²) in [5, 5.41) is 4.17. The molecule has 0 bridgehead atoms. The molecule has 1 aromatic carbocycles. The zero-order chi connectivity index (χ0) is 15.1. The van der Waals surface area contributed by atoms with Crippen LogP contribution >= 0.6 is 24.0 Å². The summed E-state index contributed by atoms with van der Waals surface area (Å²) in [4.78, 5) is 14.8. The van der Waals surface area contributed by atoms with Crippen LogP contribution in [-0.4, -0.2) is 43.1 Å². The van der Waals surface area contributed by atoms with Crippen molar-refractivity contribution in [2.75, 3.05) is 26.2 Å². The highest BCUT2D eigenvalue weighted by Crippen LogP contribution is 2.33. The zero-order valence-electron chi connectivity index (χ0n) is 13.0. The van der Waals surface area contributed by atoms with Gasteiger partial charge >= 0.3 is 0 Å². The number of halogens is 2. The maximum atomic E-state index is 12.8. The Morgan fingerprint density at radius 2 is 1.91 bits per heavy atom. The van der Waals surface area contributed by atoms with Gasteiger partial charge < -0.3 is 15.0 Å². The third kappa shape index (κ3) is 3.30. The zero-order valence-corrected chi connectivity index (χ0v) is 14.5. The lowest BCUT2D eigenvalue weighted by Gasteiger charge is -2.24. The van der Waals surface area contributed by atoms with Crippen molar-refractivity contribution in [1.82, 2.24) is 10.2 Å². The van der Waals surface area contributed by atoms with Crippen molar-refractivity contribution in [3.8, 4) is 5.75 Å². The first-order chi connectivity index (χ1) is 10.7. The van der Waals surface area contributed by atoms with Crippen LogP contribution in [0.5, 0.6) is 5.75 Å². The summed E-state index contributed by atoms with van der Waals surface area (Å²) >= 11 is 6.02. The Labute approximate surface area is 147 Å². The molecular formula is C17H22Cl2N2O2. The Balaban J connectivity index is 0.00000156. The molecule has 4 nitrogen and oxygen atoms in total. The molecular weight excluding hydrogens is 335 g/mol. The Hall–Kier alpha value is -0.970. The highest BCUT2D eigenvalue weighted by Gasteiger charge is 2.36. The monoisotopic (exact) mass is 356 g/mol. The van der Waals surface area contributed by atoms with Gasteiger partial charge in [-0.2, -0.15) is 0 Å². The second kappa shape index (κ2) is 6.88. The van der Waals surface area contributed by atoms with Gasteiger partial charge in [0.2, 0.25) is 0 Å². The molecule has 3 heterocycles. The van der Waals surface area contributed by atoms with E-state index in [0.717, 1.165) is 62.2 Å². The van der Waals surface area contributed by atoms with Crippen LogP contribution in [0.4, 0.5) is 0 Å². The van der Waals surface area contributed by atoms with Crippen LogP contribution in [-0.2, 0) is 11.2 Å². The van der Waals surface area contributed by atoms with Crippen LogP contribution < -0.4 is 10.1 Å². The second-order valence-corrected chi connectivity index (χ2v) is 7.08. The van der Waals surface area contributed by atoms with E-state index < -0.39 is 0 Å². The van der Waals surface area contributed by atoms with E-state index in [1.165, 1.54) is 0 Å². The molecule has 1 unspecified atom stereocenters. The van der Waals surface area contributed by atoms with E-state index in [4.69, 9.17) is 16.3 Å². The number of nitrogens with one attached hydrogen (secondary N) is 1. The highest BCUT2D eigenvalue weighted by atomic mass is 35.5. The third-order valence-corrected chi connectivity index (χ3v) is 5.54. The summed E-state index contributed by atoms with van der Waals surface area (Å²) in [7, 11) is 0.